The van der Waals surface area contributed by atoms with Gasteiger partial charge < -0.3 is 4.90 Å². The van der Waals surface area contributed by atoms with Gasteiger partial charge in [-0.05, 0) is 43.0 Å². The zero-order valence-electron chi connectivity index (χ0n) is 16.5. The molecular weight excluding hydrogens is 459 g/mol. The summed E-state index contributed by atoms with van der Waals surface area (Å²) in [7, 11) is -3.47. The summed E-state index contributed by atoms with van der Waals surface area (Å²) in [6.45, 7) is 3.45. The lowest BCUT2D eigenvalue weighted by molar-refractivity contribution is 0.529. The molecule has 4 nitrogen and oxygen atoms in total. The fourth-order valence-corrected chi connectivity index (χ4v) is 7.04. The molecule has 0 N–H and O–H groups in total. The predicted octanol–water partition coefficient (Wildman–Crippen LogP) is 6.12. The molecule has 0 saturated carbocycles. The van der Waals surface area contributed by atoms with Gasteiger partial charge in [0.1, 0.15) is 0 Å². The molecule has 30 heavy (non-hydrogen) atoms. The van der Waals surface area contributed by atoms with Gasteiger partial charge in [-0.1, -0.05) is 54.4 Å². The Bertz CT molecular complexity index is 1120. The van der Waals surface area contributed by atoms with Crippen molar-refractivity contribution in [2.75, 3.05) is 18.0 Å². The van der Waals surface area contributed by atoms with Crippen LogP contribution in [0.15, 0.2) is 52.7 Å². The third kappa shape index (κ3) is 4.52. The fourth-order valence-electron chi connectivity index (χ4n) is 3.70. The first-order valence-corrected chi connectivity index (χ1v) is 13.0. The summed E-state index contributed by atoms with van der Waals surface area (Å²) < 4.78 is 26.1. The van der Waals surface area contributed by atoms with Gasteiger partial charge in [-0.15, -0.1) is 11.3 Å². The van der Waals surface area contributed by atoms with E-state index >= 15 is 0 Å². The third-order valence-electron chi connectivity index (χ3n) is 5.47. The maximum atomic E-state index is 13.0. The number of aryl methyl sites for hydroxylation is 1. The highest BCUT2D eigenvalue weighted by atomic mass is 35.5. The predicted molar refractivity (Wildman–Crippen MR) is 126 cm³/mol. The summed E-state index contributed by atoms with van der Waals surface area (Å²) >= 11 is 13.6. The fraction of sp³-hybridized carbons (Fsp3) is 0.318. The number of hydrogen-bond acceptors (Lipinski definition) is 5. The summed E-state index contributed by atoms with van der Waals surface area (Å²) in [5, 5.41) is 3.23. The Morgan fingerprint density at radius 1 is 1.07 bits per heavy atom. The molecule has 8 heteroatoms. The molecule has 0 amide bonds. The Morgan fingerprint density at radius 3 is 2.30 bits per heavy atom. The van der Waals surface area contributed by atoms with Gasteiger partial charge in [-0.3, -0.25) is 0 Å². The van der Waals surface area contributed by atoms with E-state index in [1.165, 1.54) is 17.7 Å². The maximum Gasteiger partial charge on any atom is 0.185 e. The van der Waals surface area contributed by atoms with Crippen LogP contribution in [0.1, 0.15) is 25.3 Å². The standard InChI is InChI=1S/C22H22Cl2N2O2S2/c1-2-15-3-5-16(6-4-15)21-14-29-22(25-21)26-9-7-19(8-10-26)30(27,28)20-12-17(23)11-18(24)13-20/h3-6,11-14,19H,2,7-10H2,1H3. The number of anilines is 1. The number of sulfone groups is 1. The second-order valence-corrected chi connectivity index (χ2v) is 11.3. The largest absolute Gasteiger partial charge is 0.348 e. The van der Waals surface area contributed by atoms with E-state index in [2.05, 4.69) is 41.5 Å². The molecule has 0 atom stereocenters. The van der Waals surface area contributed by atoms with Crippen LogP contribution in [0, 0.1) is 0 Å². The molecule has 1 aliphatic heterocycles. The van der Waals surface area contributed by atoms with E-state index in [1.807, 2.05) is 0 Å². The number of piperidine rings is 1. The summed E-state index contributed by atoms with van der Waals surface area (Å²) in [5.74, 6) is 0. The molecule has 0 aliphatic carbocycles. The van der Waals surface area contributed by atoms with Gasteiger partial charge in [0.05, 0.1) is 15.8 Å². The highest BCUT2D eigenvalue weighted by Gasteiger charge is 2.32. The first kappa shape index (κ1) is 21.6. The average Bonchev–Trinajstić information content (AvgIpc) is 3.23. The number of hydrogen-bond donors (Lipinski definition) is 0. The van der Waals surface area contributed by atoms with E-state index in [4.69, 9.17) is 28.2 Å². The number of nitrogens with zero attached hydrogens (tertiary/aromatic N) is 2. The van der Waals surface area contributed by atoms with Crippen LogP contribution in [0.4, 0.5) is 5.13 Å². The second-order valence-electron chi connectivity index (χ2n) is 7.40. The van der Waals surface area contributed by atoms with E-state index < -0.39 is 15.1 Å². The van der Waals surface area contributed by atoms with Gasteiger partial charge in [0.2, 0.25) is 0 Å². The van der Waals surface area contributed by atoms with Crippen molar-refractivity contribution in [3.63, 3.8) is 0 Å². The van der Waals surface area contributed by atoms with Crippen molar-refractivity contribution < 1.29 is 8.42 Å². The van der Waals surface area contributed by atoms with E-state index in [0.717, 1.165) is 22.8 Å². The van der Waals surface area contributed by atoms with Crippen LogP contribution in [-0.4, -0.2) is 31.7 Å². The van der Waals surface area contributed by atoms with Crippen molar-refractivity contribution in [2.45, 2.75) is 36.3 Å². The molecule has 158 valence electrons. The van der Waals surface area contributed by atoms with Gasteiger partial charge >= 0.3 is 0 Å². The number of thiazole rings is 1. The SMILES string of the molecule is CCc1ccc(-c2csc(N3CCC(S(=O)(=O)c4cc(Cl)cc(Cl)c4)CC3)n2)cc1. The molecule has 1 aromatic heterocycles. The minimum Gasteiger partial charge on any atom is -0.348 e. The average molecular weight is 481 g/mol. The lowest BCUT2D eigenvalue weighted by Gasteiger charge is -2.31. The quantitative estimate of drug-likeness (QED) is 0.441. The van der Waals surface area contributed by atoms with Gasteiger partial charge in [-0.25, -0.2) is 13.4 Å². The first-order chi connectivity index (χ1) is 14.4. The summed E-state index contributed by atoms with van der Waals surface area (Å²) in [6, 6.07) is 13.0. The number of rotatable bonds is 5. The topological polar surface area (TPSA) is 50.3 Å². The lowest BCUT2D eigenvalue weighted by atomic mass is 10.1. The molecular formula is C22H22Cl2N2O2S2. The molecule has 1 fully saturated rings. The minimum atomic E-state index is -3.47. The van der Waals surface area contributed by atoms with Crippen LogP contribution in [0.5, 0.6) is 0 Å². The van der Waals surface area contributed by atoms with Crippen LogP contribution in [0.2, 0.25) is 10.0 Å². The van der Waals surface area contributed by atoms with Gasteiger partial charge in [0, 0.05) is 34.1 Å². The lowest BCUT2D eigenvalue weighted by Crippen LogP contribution is -2.39. The number of benzene rings is 2. The van der Waals surface area contributed by atoms with Crippen molar-refractivity contribution in [3.05, 3.63) is 63.5 Å². The molecule has 2 aromatic carbocycles. The van der Waals surface area contributed by atoms with E-state index in [1.54, 1.807) is 17.4 Å². The molecule has 1 aliphatic rings. The Labute approximate surface area is 191 Å². The Hall–Kier alpha value is -1.60. The summed E-state index contributed by atoms with van der Waals surface area (Å²) in [6.07, 6.45) is 2.11. The molecule has 3 aromatic rings. The molecule has 1 saturated heterocycles. The van der Waals surface area contributed by atoms with E-state index in [-0.39, 0.29) is 4.90 Å². The Balaban J connectivity index is 1.45. The van der Waals surface area contributed by atoms with E-state index in [0.29, 0.717) is 36.0 Å². The maximum absolute atomic E-state index is 13.0. The van der Waals surface area contributed by atoms with Crippen molar-refractivity contribution in [3.8, 4) is 11.3 Å². The molecule has 0 bridgehead atoms. The summed E-state index contributed by atoms with van der Waals surface area (Å²) in [5.41, 5.74) is 3.37. The monoisotopic (exact) mass is 480 g/mol. The Morgan fingerprint density at radius 2 is 1.70 bits per heavy atom. The molecule has 0 unspecified atom stereocenters. The van der Waals surface area contributed by atoms with Gasteiger partial charge in [-0.2, -0.15) is 0 Å². The zero-order chi connectivity index (χ0) is 21.3. The highest BCUT2D eigenvalue weighted by molar-refractivity contribution is 7.92. The van der Waals surface area contributed by atoms with Crippen molar-refractivity contribution in [1.82, 2.24) is 4.98 Å². The molecule has 2 heterocycles. The van der Waals surface area contributed by atoms with Gasteiger partial charge in [0.15, 0.2) is 15.0 Å². The third-order valence-corrected chi connectivity index (χ3v) is 9.05. The van der Waals surface area contributed by atoms with Crippen LogP contribution in [-0.2, 0) is 16.3 Å². The normalized spacial score (nSPS) is 15.5. The van der Waals surface area contributed by atoms with Crippen LogP contribution >= 0.6 is 34.5 Å². The van der Waals surface area contributed by atoms with Crippen molar-refractivity contribution >= 4 is 49.5 Å². The molecule has 4 rings (SSSR count). The minimum absolute atomic E-state index is 0.200. The first-order valence-electron chi connectivity index (χ1n) is 9.86. The highest BCUT2D eigenvalue weighted by Crippen LogP contribution is 2.33. The van der Waals surface area contributed by atoms with Crippen LogP contribution < -0.4 is 4.90 Å². The van der Waals surface area contributed by atoms with Crippen molar-refractivity contribution in [1.29, 1.82) is 0 Å². The zero-order valence-corrected chi connectivity index (χ0v) is 19.7. The molecule has 0 spiro atoms. The van der Waals surface area contributed by atoms with Gasteiger partial charge in [0.25, 0.3) is 0 Å². The smallest absolute Gasteiger partial charge is 0.185 e. The van der Waals surface area contributed by atoms with E-state index in [9.17, 15) is 8.42 Å². The van der Waals surface area contributed by atoms with Crippen LogP contribution in [0.25, 0.3) is 11.3 Å². The number of aromatic nitrogens is 1. The van der Waals surface area contributed by atoms with Crippen molar-refractivity contribution in [2.24, 2.45) is 0 Å². The summed E-state index contributed by atoms with van der Waals surface area (Å²) in [4.78, 5) is 7.16. The second kappa shape index (κ2) is 8.87. The Kier molecular flexibility index (Phi) is 6.39. The molecule has 0 radical (unpaired) electrons. The van der Waals surface area contributed by atoms with Crippen LogP contribution in [0.3, 0.4) is 0 Å². The number of halogens is 2.